The molecule has 0 fully saturated rings. The largest absolute Gasteiger partial charge is 0.493 e. The number of aromatic nitrogens is 2. The molecule has 1 aromatic carbocycles. The normalized spacial score (nSPS) is 10.9. The average molecular weight is 299 g/mol. The molecule has 114 valence electrons. The zero-order chi connectivity index (χ0) is 15.1. The SMILES string of the molecule is COc1cccc(CNCCc2ncno2)c1OC(F)F. The van der Waals surface area contributed by atoms with Gasteiger partial charge in [-0.1, -0.05) is 17.3 Å². The van der Waals surface area contributed by atoms with Crippen molar-refractivity contribution in [1.29, 1.82) is 0 Å². The van der Waals surface area contributed by atoms with E-state index in [1.54, 1.807) is 18.2 Å². The molecule has 0 saturated carbocycles. The van der Waals surface area contributed by atoms with E-state index in [2.05, 4.69) is 20.2 Å². The van der Waals surface area contributed by atoms with Crippen molar-refractivity contribution in [3.63, 3.8) is 0 Å². The predicted molar refractivity (Wildman–Crippen MR) is 69.3 cm³/mol. The Morgan fingerprint density at radius 3 is 2.90 bits per heavy atom. The molecule has 1 aromatic heterocycles. The van der Waals surface area contributed by atoms with Crippen LogP contribution in [0.15, 0.2) is 29.0 Å². The third-order valence-corrected chi connectivity index (χ3v) is 2.73. The van der Waals surface area contributed by atoms with Gasteiger partial charge in [0, 0.05) is 25.1 Å². The lowest BCUT2D eigenvalue weighted by molar-refractivity contribution is -0.0518. The summed E-state index contributed by atoms with van der Waals surface area (Å²) in [5.41, 5.74) is 0.583. The second-order valence-corrected chi connectivity index (χ2v) is 4.09. The van der Waals surface area contributed by atoms with E-state index in [-0.39, 0.29) is 11.5 Å². The van der Waals surface area contributed by atoms with Crippen molar-refractivity contribution in [1.82, 2.24) is 15.5 Å². The van der Waals surface area contributed by atoms with E-state index in [0.717, 1.165) is 0 Å². The Labute approximate surface area is 120 Å². The van der Waals surface area contributed by atoms with Crippen LogP contribution in [0.5, 0.6) is 11.5 Å². The summed E-state index contributed by atoms with van der Waals surface area (Å²) >= 11 is 0. The van der Waals surface area contributed by atoms with Crippen LogP contribution in [-0.4, -0.2) is 30.4 Å². The summed E-state index contributed by atoms with van der Waals surface area (Å²) in [6, 6.07) is 4.98. The summed E-state index contributed by atoms with van der Waals surface area (Å²) in [5, 5.41) is 6.59. The Hall–Kier alpha value is -2.22. The maximum atomic E-state index is 12.5. The van der Waals surface area contributed by atoms with E-state index in [0.29, 0.717) is 31.0 Å². The van der Waals surface area contributed by atoms with Crippen LogP contribution < -0.4 is 14.8 Å². The molecule has 0 unspecified atom stereocenters. The molecule has 0 radical (unpaired) electrons. The maximum absolute atomic E-state index is 12.5. The van der Waals surface area contributed by atoms with Crippen molar-refractivity contribution in [3.8, 4) is 11.5 Å². The van der Waals surface area contributed by atoms with Gasteiger partial charge in [-0.05, 0) is 6.07 Å². The van der Waals surface area contributed by atoms with Crippen molar-refractivity contribution in [3.05, 3.63) is 36.0 Å². The Balaban J connectivity index is 1.95. The van der Waals surface area contributed by atoms with Crippen molar-refractivity contribution in [2.45, 2.75) is 19.6 Å². The first-order chi connectivity index (χ1) is 10.2. The zero-order valence-electron chi connectivity index (χ0n) is 11.4. The molecule has 0 aliphatic rings. The molecular formula is C13H15F2N3O3. The highest BCUT2D eigenvalue weighted by molar-refractivity contribution is 5.46. The molecule has 2 aromatic rings. The van der Waals surface area contributed by atoms with Gasteiger partial charge in [-0.15, -0.1) is 0 Å². The minimum atomic E-state index is -2.90. The van der Waals surface area contributed by atoms with Gasteiger partial charge in [-0.3, -0.25) is 0 Å². The standard InChI is InChI=1S/C13H15F2N3O3/c1-19-10-4-2-3-9(12(10)20-13(14)15)7-16-6-5-11-17-8-18-21-11/h2-4,8,13,16H,5-7H2,1H3. The summed E-state index contributed by atoms with van der Waals surface area (Å²) < 4.78 is 39.3. The van der Waals surface area contributed by atoms with E-state index in [9.17, 15) is 8.78 Å². The fourth-order valence-corrected chi connectivity index (χ4v) is 1.81. The van der Waals surface area contributed by atoms with Crippen LogP contribution in [-0.2, 0) is 13.0 Å². The number of hydrogen-bond acceptors (Lipinski definition) is 6. The monoisotopic (exact) mass is 299 g/mol. The summed E-state index contributed by atoms with van der Waals surface area (Å²) in [5.74, 6) is 0.823. The van der Waals surface area contributed by atoms with Gasteiger partial charge < -0.3 is 19.3 Å². The molecule has 0 bridgehead atoms. The topological polar surface area (TPSA) is 69.4 Å². The van der Waals surface area contributed by atoms with Gasteiger partial charge in [0.2, 0.25) is 5.89 Å². The van der Waals surface area contributed by atoms with E-state index < -0.39 is 6.61 Å². The molecule has 1 N–H and O–H groups in total. The smallest absolute Gasteiger partial charge is 0.387 e. The molecule has 0 aliphatic heterocycles. The van der Waals surface area contributed by atoms with Crippen LogP contribution in [0, 0.1) is 0 Å². The number of benzene rings is 1. The van der Waals surface area contributed by atoms with Crippen LogP contribution in [0.25, 0.3) is 0 Å². The Morgan fingerprint density at radius 2 is 2.24 bits per heavy atom. The molecule has 8 heteroatoms. The van der Waals surface area contributed by atoms with Gasteiger partial charge >= 0.3 is 6.61 Å². The first-order valence-electron chi connectivity index (χ1n) is 6.27. The van der Waals surface area contributed by atoms with E-state index in [4.69, 9.17) is 9.26 Å². The van der Waals surface area contributed by atoms with Crippen LogP contribution in [0.3, 0.4) is 0 Å². The maximum Gasteiger partial charge on any atom is 0.387 e. The fraction of sp³-hybridized carbons (Fsp3) is 0.385. The number of ether oxygens (including phenoxy) is 2. The lowest BCUT2D eigenvalue weighted by Crippen LogP contribution is -2.18. The molecule has 6 nitrogen and oxygen atoms in total. The Bertz CT molecular complexity index is 550. The van der Waals surface area contributed by atoms with Gasteiger partial charge in [-0.2, -0.15) is 13.8 Å². The highest BCUT2D eigenvalue weighted by Gasteiger charge is 2.14. The minimum absolute atomic E-state index is 0.0419. The highest BCUT2D eigenvalue weighted by atomic mass is 19.3. The second kappa shape index (κ2) is 7.53. The zero-order valence-corrected chi connectivity index (χ0v) is 11.4. The fourth-order valence-electron chi connectivity index (χ4n) is 1.81. The molecule has 0 aliphatic carbocycles. The first-order valence-corrected chi connectivity index (χ1v) is 6.27. The van der Waals surface area contributed by atoms with Crippen molar-refractivity contribution in [2.24, 2.45) is 0 Å². The Kier molecular flexibility index (Phi) is 5.44. The molecule has 1 heterocycles. The van der Waals surface area contributed by atoms with Crippen molar-refractivity contribution < 1.29 is 22.8 Å². The minimum Gasteiger partial charge on any atom is -0.493 e. The van der Waals surface area contributed by atoms with Crippen LogP contribution in [0.1, 0.15) is 11.5 Å². The molecule has 0 atom stereocenters. The number of halogens is 2. The highest BCUT2D eigenvalue weighted by Crippen LogP contribution is 2.32. The third kappa shape index (κ3) is 4.38. The lowest BCUT2D eigenvalue weighted by Gasteiger charge is -2.14. The van der Waals surface area contributed by atoms with Gasteiger partial charge in [0.05, 0.1) is 7.11 Å². The van der Waals surface area contributed by atoms with Crippen LogP contribution >= 0.6 is 0 Å². The number of para-hydroxylation sites is 1. The molecular weight excluding hydrogens is 284 g/mol. The molecule has 21 heavy (non-hydrogen) atoms. The lowest BCUT2D eigenvalue weighted by atomic mass is 10.2. The van der Waals surface area contributed by atoms with Crippen molar-refractivity contribution >= 4 is 0 Å². The molecule has 0 spiro atoms. The number of hydrogen-bond donors (Lipinski definition) is 1. The van der Waals surface area contributed by atoms with E-state index in [1.165, 1.54) is 13.4 Å². The van der Waals surface area contributed by atoms with Crippen LogP contribution in [0.2, 0.25) is 0 Å². The van der Waals surface area contributed by atoms with Crippen LogP contribution in [0.4, 0.5) is 8.78 Å². The van der Waals surface area contributed by atoms with Gasteiger partial charge in [0.25, 0.3) is 0 Å². The number of nitrogens with zero attached hydrogens (tertiary/aromatic N) is 2. The van der Waals surface area contributed by atoms with E-state index >= 15 is 0 Å². The molecule has 2 rings (SSSR count). The summed E-state index contributed by atoms with van der Waals surface area (Å²) in [4.78, 5) is 3.88. The number of nitrogens with one attached hydrogen (secondary N) is 1. The molecule has 0 amide bonds. The number of alkyl halides is 2. The third-order valence-electron chi connectivity index (χ3n) is 2.73. The number of rotatable bonds is 8. The average Bonchev–Trinajstić information content (AvgIpc) is 2.97. The van der Waals surface area contributed by atoms with Gasteiger partial charge in [-0.25, -0.2) is 0 Å². The number of methoxy groups -OCH3 is 1. The predicted octanol–water partition coefficient (Wildman–Crippen LogP) is 2.01. The molecule has 0 saturated heterocycles. The second-order valence-electron chi connectivity index (χ2n) is 4.09. The summed E-state index contributed by atoms with van der Waals surface area (Å²) in [7, 11) is 1.40. The first kappa shape index (κ1) is 15.2. The Morgan fingerprint density at radius 1 is 1.38 bits per heavy atom. The van der Waals surface area contributed by atoms with Gasteiger partial charge in [0.1, 0.15) is 0 Å². The summed E-state index contributed by atoms with van der Waals surface area (Å²) in [6.45, 7) is -1.99. The van der Waals surface area contributed by atoms with Crippen molar-refractivity contribution in [2.75, 3.05) is 13.7 Å². The van der Waals surface area contributed by atoms with E-state index in [1.807, 2.05) is 0 Å². The summed E-state index contributed by atoms with van der Waals surface area (Å²) in [6.07, 6.45) is 1.88. The quantitative estimate of drug-likeness (QED) is 0.752. The van der Waals surface area contributed by atoms with Gasteiger partial charge in [0.15, 0.2) is 17.8 Å².